The highest BCUT2D eigenvalue weighted by molar-refractivity contribution is 7.99. The number of benzene rings is 1. The van der Waals surface area contributed by atoms with Crippen LogP contribution >= 0.6 is 11.8 Å². The highest BCUT2D eigenvalue weighted by Gasteiger charge is 2.00. The Hall–Kier alpha value is -1.52. The van der Waals surface area contributed by atoms with Gasteiger partial charge in [0.25, 0.3) is 0 Å². The maximum Gasteiger partial charge on any atom is 0.213 e. The number of aliphatic hydroxyl groups excluding tert-OH is 1. The van der Waals surface area contributed by atoms with E-state index in [9.17, 15) is 0 Å². The van der Waals surface area contributed by atoms with E-state index in [1.165, 1.54) is 0 Å². The van der Waals surface area contributed by atoms with Crippen molar-refractivity contribution in [2.75, 3.05) is 7.11 Å². The van der Waals surface area contributed by atoms with Gasteiger partial charge >= 0.3 is 0 Å². The van der Waals surface area contributed by atoms with Gasteiger partial charge in [0.05, 0.1) is 13.7 Å². The third kappa shape index (κ3) is 3.22. The van der Waals surface area contributed by atoms with E-state index in [1.54, 1.807) is 18.9 Å². The first-order valence-electron chi connectivity index (χ1n) is 5.20. The smallest absolute Gasteiger partial charge is 0.213 e. The van der Waals surface area contributed by atoms with E-state index in [0.717, 1.165) is 15.5 Å². The molecule has 0 aliphatic carbocycles. The lowest BCUT2D eigenvalue weighted by atomic mass is 10.2. The lowest BCUT2D eigenvalue weighted by molar-refractivity contribution is 0.282. The minimum Gasteiger partial charge on any atom is -0.481 e. The van der Waals surface area contributed by atoms with Gasteiger partial charge in [0.1, 0.15) is 5.03 Å². The predicted molar refractivity (Wildman–Crippen MR) is 67.3 cm³/mol. The van der Waals surface area contributed by atoms with Crippen molar-refractivity contribution in [3.8, 4) is 5.88 Å². The topological polar surface area (TPSA) is 42.4 Å². The van der Waals surface area contributed by atoms with Gasteiger partial charge in [-0.15, -0.1) is 0 Å². The molecule has 0 bridgehead atoms. The number of hydrogen-bond donors (Lipinski definition) is 1. The molecule has 0 saturated carbocycles. The van der Waals surface area contributed by atoms with Crippen molar-refractivity contribution in [2.24, 2.45) is 0 Å². The summed E-state index contributed by atoms with van der Waals surface area (Å²) in [6, 6.07) is 13.4. The zero-order valence-electron chi connectivity index (χ0n) is 9.46. The summed E-state index contributed by atoms with van der Waals surface area (Å²) >= 11 is 1.56. The largest absolute Gasteiger partial charge is 0.481 e. The van der Waals surface area contributed by atoms with Gasteiger partial charge in [-0.05, 0) is 23.8 Å². The number of ether oxygens (including phenoxy) is 1. The first-order valence-corrected chi connectivity index (χ1v) is 6.02. The third-order valence-electron chi connectivity index (χ3n) is 2.24. The summed E-state index contributed by atoms with van der Waals surface area (Å²) in [6.45, 7) is 0.0718. The zero-order valence-corrected chi connectivity index (χ0v) is 10.3. The Morgan fingerprint density at radius 1 is 1.18 bits per heavy atom. The fourth-order valence-electron chi connectivity index (χ4n) is 1.35. The fourth-order valence-corrected chi connectivity index (χ4v) is 2.15. The summed E-state index contributed by atoms with van der Waals surface area (Å²) in [4.78, 5) is 5.41. The fraction of sp³-hybridized carbons (Fsp3) is 0.154. The first kappa shape index (κ1) is 12.0. The molecule has 0 unspecified atom stereocenters. The number of aliphatic hydroxyl groups is 1. The SMILES string of the molecule is COc1cccc(Sc2ccc(CO)cc2)n1. The van der Waals surface area contributed by atoms with Gasteiger partial charge in [-0.25, -0.2) is 4.98 Å². The summed E-state index contributed by atoms with van der Waals surface area (Å²) < 4.78 is 5.07. The lowest BCUT2D eigenvalue weighted by Crippen LogP contribution is -1.88. The molecule has 0 spiro atoms. The Morgan fingerprint density at radius 3 is 2.59 bits per heavy atom. The summed E-state index contributed by atoms with van der Waals surface area (Å²) in [5.74, 6) is 0.613. The molecular formula is C13H13NO2S. The Labute approximate surface area is 104 Å². The molecule has 0 amide bonds. The van der Waals surface area contributed by atoms with Crippen LogP contribution in [-0.4, -0.2) is 17.2 Å². The quantitative estimate of drug-likeness (QED) is 0.902. The molecule has 3 nitrogen and oxygen atoms in total. The van der Waals surface area contributed by atoms with Gasteiger partial charge in [0.2, 0.25) is 5.88 Å². The molecule has 0 fully saturated rings. The van der Waals surface area contributed by atoms with Crippen molar-refractivity contribution < 1.29 is 9.84 Å². The Balaban J connectivity index is 2.13. The standard InChI is InChI=1S/C13H13NO2S/c1-16-12-3-2-4-13(14-12)17-11-7-5-10(9-15)6-8-11/h2-8,15H,9H2,1H3. The molecular weight excluding hydrogens is 234 g/mol. The van der Waals surface area contributed by atoms with Crippen LogP contribution in [0.5, 0.6) is 5.88 Å². The number of rotatable bonds is 4. The normalized spacial score (nSPS) is 10.2. The zero-order chi connectivity index (χ0) is 12.1. The van der Waals surface area contributed by atoms with E-state index in [4.69, 9.17) is 9.84 Å². The molecule has 1 heterocycles. The van der Waals surface area contributed by atoms with Crippen LogP contribution in [-0.2, 0) is 6.61 Å². The number of methoxy groups -OCH3 is 1. The highest BCUT2D eigenvalue weighted by Crippen LogP contribution is 2.27. The van der Waals surface area contributed by atoms with Crippen LogP contribution in [0.3, 0.4) is 0 Å². The molecule has 0 radical (unpaired) electrons. The molecule has 4 heteroatoms. The van der Waals surface area contributed by atoms with E-state index in [2.05, 4.69) is 4.98 Å². The van der Waals surface area contributed by atoms with Crippen LogP contribution < -0.4 is 4.74 Å². The molecule has 88 valence electrons. The average Bonchev–Trinajstić information content (AvgIpc) is 2.40. The maximum atomic E-state index is 8.95. The molecule has 2 rings (SSSR count). The summed E-state index contributed by atoms with van der Waals surface area (Å²) in [5.41, 5.74) is 0.910. The Morgan fingerprint density at radius 2 is 1.94 bits per heavy atom. The van der Waals surface area contributed by atoms with Crippen molar-refractivity contribution in [2.45, 2.75) is 16.5 Å². The molecule has 1 aromatic carbocycles. The first-order chi connectivity index (χ1) is 8.31. The predicted octanol–water partition coefficient (Wildman–Crippen LogP) is 2.73. The number of nitrogens with zero attached hydrogens (tertiary/aromatic N) is 1. The molecule has 1 aromatic heterocycles. The van der Waals surface area contributed by atoms with Gasteiger partial charge in [0, 0.05) is 11.0 Å². The van der Waals surface area contributed by atoms with Gasteiger partial charge in [-0.1, -0.05) is 30.0 Å². The number of pyridine rings is 1. The molecule has 1 N–H and O–H groups in total. The molecule has 0 aliphatic heterocycles. The van der Waals surface area contributed by atoms with Crippen LogP contribution in [0.1, 0.15) is 5.56 Å². The molecule has 2 aromatic rings. The Kier molecular flexibility index (Phi) is 4.01. The van der Waals surface area contributed by atoms with Crippen LogP contribution in [0.2, 0.25) is 0 Å². The minimum atomic E-state index is 0.0718. The number of aromatic nitrogens is 1. The van der Waals surface area contributed by atoms with E-state index in [-0.39, 0.29) is 6.61 Å². The van der Waals surface area contributed by atoms with E-state index in [0.29, 0.717) is 5.88 Å². The van der Waals surface area contributed by atoms with Crippen molar-refractivity contribution in [3.05, 3.63) is 48.0 Å². The maximum absolute atomic E-state index is 8.95. The van der Waals surface area contributed by atoms with Crippen LogP contribution in [0.25, 0.3) is 0 Å². The van der Waals surface area contributed by atoms with E-state index < -0.39 is 0 Å². The second-order valence-corrected chi connectivity index (χ2v) is 4.52. The average molecular weight is 247 g/mol. The molecule has 0 saturated heterocycles. The van der Waals surface area contributed by atoms with Crippen molar-refractivity contribution in [1.29, 1.82) is 0 Å². The molecule has 0 atom stereocenters. The van der Waals surface area contributed by atoms with Crippen LogP contribution in [0.4, 0.5) is 0 Å². The minimum absolute atomic E-state index is 0.0718. The third-order valence-corrected chi connectivity index (χ3v) is 3.18. The summed E-state index contributed by atoms with van der Waals surface area (Å²) in [5, 5.41) is 9.84. The van der Waals surface area contributed by atoms with E-state index >= 15 is 0 Å². The van der Waals surface area contributed by atoms with Crippen LogP contribution in [0.15, 0.2) is 52.4 Å². The van der Waals surface area contributed by atoms with Gasteiger partial charge in [0.15, 0.2) is 0 Å². The summed E-state index contributed by atoms with van der Waals surface area (Å²) in [6.07, 6.45) is 0. The monoisotopic (exact) mass is 247 g/mol. The number of hydrogen-bond acceptors (Lipinski definition) is 4. The summed E-state index contributed by atoms with van der Waals surface area (Å²) in [7, 11) is 1.60. The van der Waals surface area contributed by atoms with Crippen LogP contribution in [0, 0.1) is 0 Å². The van der Waals surface area contributed by atoms with Gasteiger partial charge in [-0.2, -0.15) is 0 Å². The van der Waals surface area contributed by atoms with Crippen molar-refractivity contribution in [1.82, 2.24) is 4.98 Å². The molecule has 17 heavy (non-hydrogen) atoms. The Bertz CT molecular complexity index is 485. The van der Waals surface area contributed by atoms with Gasteiger partial charge in [-0.3, -0.25) is 0 Å². The van der Waals surface area contributed by atoms with E-state index in [1.807, 2.05) is 42.5 Å². The second kappa shape index (κ2) is 5.70. The van der Waals surface area contributed by atoms with Crippen molar-refractivity contribution in [3.63, 3.8) is 0 Å². The second-order valence-electron chi connectivity index (χ2n) is 3.42. The van der Waals surface area contributed by atoms with Gasteiger partial charge < -0.3 is 9.84 Å². The highest BCUT2D eigenvalue weighted by atomic mass is 32.2. The lowest BCUT2D eigenvalue weighted by Gasteiger charge is -2.03. The van der Waals surface area contributed by atoms with Crippen molar-refractivity contribution >= 4 is 11.8 Å². The molecule has 0 aliphatic rings.